The van der Waals surface area contributed by atoms with Gasteiger partial charge in [-0.05, 0) is 54.3 Å². The summed E-state index contributed by atoms with van der Waals surface area (Å²) < 4.78 is 16.5. The van der Waals surface area contributed by atoms with Gasteiger partial charge in [0.25, 0.3) is 0 Å². The van der Waals surface area contributed by atoms with Gasteiger partial charge in [-0.2, -0.15) is 0 Å². The first-order chi connectivity index (χ1) is 12.7. The van der Waals surface area contributed by atoms with Crippen molar-refractivity contribution < 1.29 is 19.0 Å². The zero-order valence-corrected chi connectivity index (χ0v) is 15.3. The van der Waals surface area contributed by atoms with Crippen LogP contribution in [0.5, 0.6) is 17.2 Å². The Morgan fingerprint density at radius 2 is 1.96 bits per heavy atom. The van der Waals surface area contributed by atoms with Crippen molar-refractivity contribution in [1.82, 2.24) is 5.32 Å². The summed E-state index contributed by atoms with van der Waals surface area (Å²) in [4.78, 5) is 12.5. The number of benzene rings is 2. The van der Waals surface area contributed by atoms with Crippen molar-refractivity contribution in [2.75, 3.05) is 20.3 Å². The highest BCUT2D eigenvalue weighted by Crippen LogP contribution is 2.30. The number of fused-ring (bicyclic) bond motifs is 1. The molecule has 3 rings (SSSR count). The van der Waals surface area contributed by atoms with E-state index in [2.05, 4.69) is 12.2 Å². The van der Waals surface area contributed by atoms with Gasteiger partial charge in [-0.25, -0.2) is 0 Å². The molecule has 0 aromatic heterocycles. The summed E-state index contributed by atoms with van der Waals surface area (Å²) in [7, 11) is 1.63. The van der Waals surface area contributed by atoms with E-state index in [0.717, 1.165) is 34.8 Å². The Hall–Kier alpha value is -2.69. The molecule has 138 valence electrons. The molecule has 0 saturated carbocycles. The lowest BCUT2D eigenvalue weighted by Crippen LogP contribution is -2.37. The van der Waals surface area contributed by atoms with E-state index < -0.39 is 0 Å². The molecule has 2 aromatic rings. The van der Waals surface area contributed by atoms with Crippen molar-refractivity contribution in [1.29, 1.82) is 0 Å². The third-order valence-corrected chi connectivity index (χ3v) is 4.41. The minimum Gasteiger partial charge on any atom is -0.497 e. The largest absolute Gasteiger partial charge is 0.497 e. The van der Waals surface area contributed by atoms with E-state index >= 15 is 0 Å². The van der Waals surface area contributed by atoms with Gasteiger partial charge in [-0.3, -0.25) is 4.79 Å². The van der Waals surface area contributed by atoms with E-state index in [-0.39, 0.29) is 11.8 Å². The quantitative estimate of drug-likeness (QED) is 0.827. The van der Waals surface area contributed by atoms with Crippen molar-refractivity contribution in [3.63, 3.8) is 0 Å². The second-order valence-electron chi connectivity index (χ2n) is 6.40. The predicted octanol–water partition coefficient (Wildman–Crippen LogP) is 3.35. The molecule has 1 aliphatic rings. The molecule has 0 saturated heterocycles. The smallest absolute Gasteiger partial charge is 0.227 e. The summed E-state index contributed by atoms with van der Waals surface area (Å²) in [6.45, 7) is 3.68. The number of hydrogen-bond donors (Lipinski definition) is 1. The van der Waals surface area contributed by atoms with Gasteiger partial charge in [-0.15, -0.1) is 0 Å². The molecular weight excluding hydrogens is 330 g/mol. The zero-order valence-electron chi connectivity index (χ0n) is 15.3. The SMILES string of the molecule is CCCOc1ccc(CNC(=O)C2COc3ccc(OC)cc3C2)cc1. The zero-order chi connectivity index (χ0) is 18.4. The molecule has 1 heterocycles. The molecule has 0 aliphatic carbocycles. The summed E-state index contributed by atoms with van der Waals surface area (Å²) in [5.74, 6) is 2.27. The average molecular weight is 355 g/mol. The minimum atomic E-state index is -0.193. The number of rotatable bonds is 7. The molecule has 1 unspecified atom stereocenters. The summed E-state index contributed by atoms with van der Waals surface area (Å²) in [6.07, 6.45) is 1.64. The maximum atomic E-state index is 12.5. The number of hydrogen-bond acceptors (Lipinski definition) is 4. The fourth-order valence-electron chi connectivity index (χ4n) is 2.92. The molecule has 1 amide bonds. The summed E-state index contributed by atoms with van der Waals surface area (Å²) in [6, 6.07) is 13.5. The van der Waals surface area contributed by atoms with E-state index in [4.69, 9.17) is 14.2 Å². The number of nitrogens with one attached hydrogen (secondary N) is 1. The first-order valence-corrected chi connectivity index (χ1v) is 8.98. The lowest BCUT2D eigenvalue weighted by atomic mass is 9.95. The van der Waals surface area contributed by atoms with Crippen LogP contribution in [-0.2, 0) is 17.8 Å². The second-order valence-corrected chi connectivity index (χ2v) is 6.40. The molecule has 1 N–H and O–H groups in total. The molecule has 26 heavy (non-hydrogen) atoms. The van der Waals surface area contributed by atoms with E-state index in [1.807, 2.05) is 42.5 Å². The van der Waals surface area contributed by atoms with Crippen molar-refractivity contribution in [2.24, 2.45) is 5.92 Å². The van der Waals surface area contributed by atoms with Gasteiger partial charge in [0.1, 0.15) is 23.9 Å². The number of methoxy groups -OCH3 is 1. The molecule has 2 aromatic carbocycles. The topological polar surface area (TPSA) is 56.8 Å². The van der Waals surface area contributed by atoms with Crippen LogP contribution in [0, 0.1) is 5.92 Å². The summed E-state index contributed by atoms with van der Waals surface area (Å²) >= 11 is 0. The third-order valence-electron chi connectivity index (χ3n) is 4.41. The molecule has 0 bridgehead atoms. The van der Waals surface area contributed by atoms with E-state index in [0.29, 0.717) is 26.2 Å². The van der Waals surface area contributed by atoms with Crippen molar-refractivity contribution in [3.05, 3.63) is 53.6 Å². The van der Waals surface area contributed by atoms with Crippen LogP contribution >= 0.6 is 0 Å². The van der Waals surface area contributed by atoms with Crippen LogP contribution < -0.4 is 19.5 Å². The number of carbonyl (C=O) groups is 1. The maximum absolute atomic E-state index is 12.5. The monoisotopic (exact) mass is 355 g/mol. The number of ether oxygens (including phenoxy) is 3. The van der Waals surface area contributed by atoms with Crippen LogP contribution in [0.1, 0.15) is 24.5 Å². The predicted molar refractivity (Wildman–Crippen MR) is 99.8 cm³/mol. The van der Waals surface area contributed by atoms with Gasteiger partial charge >= 0.3 is 0 Å². The highest BCUT2D eigenvalue weighted by molar-refractivity contribution is 5.79. The first kappa shape index (κ1) is 18.1. The summed E-state index contributed by atoms with van der Waals surface area (Å²) in [5, 5.41) is 3.00. The van der Waals surface area contributed by atoms with E-state index in [1.54, 1.807) is 7.11 Å². The van der Waals surface area contributed by atoms with Crippen LogP contribution in [0.3, 0.4) is 0 Å². The number of carbonyl (C=O) groups excluding carboxylic acids is 1. The second kappa shape index (κ2) is 8.61. The van der Waals surface area contributed by atoms with E-state index in [1.165, 1.54) is 0 Å². The fraction of sp³-hybridized carbons (Fsp3) is 0.381. The highest BCUT2D eigenvalue weighted by atomic mass is 16.5. The van der Waals surface area contributed by atoms with E-state index in [9.17, 15) is 4.79 Å². The Morgan fingerprint density at radius 3 is 2.69 bits per heavy atom. The maximum Gasteiger partial charge on any atom is 0.227 e. The molecule has 1 atom stereocenters. The van der Waals surface area contributed by atoms with Gasteiger partial charge in [0.05, 0.1) is 19.6 Å². The molecule has 5 nitrogen and oxygen atoms in total. The first-order valence-electron chi connectivity index (χ1n) is 8.98. The molecule has 0 radical (unpaired) electrons. The van der Waals surface area contributed by atoms with Gasteiger partial charge in [0.2, 0.25) is 5.91 Å². The fourth-order valence-corrected chi connectivity index (χ4v) is 2.92. The van der Waals surface area contributed by atoms with Gasteiger partial charge in [0, 0.05) is 6.54 Å². The lowest BCUT2D eigenvalue weighted by Gasteiger charge is -2.25. The standard InChI is InChI=1S/C21H25NO4/c1-3-10-25-18-6-4-15(5-7-18)13-22-21(23)17-11-16-12-19(24-2)8-9-20(16)26-14-17/h4-9,12,17H,3,10-11,13-14H2,1-2H3,(H,22,23). The molecule has 1 aliphatic heterocycles. The summed E-state index contributed by atoms with van der Waals surface area (Å²) in [5.41, 5.74) is 2.05. The molecule has 5 heteroatoms. The van der Waals surface area contributed by atoms with Crippen LogP contribution in [0.2, 0.25) is 0 Å². The highest BCUT2D eigenvalue weighted by Gasteiger charge is 2.26. The van der Waals surface area contributed by atoms with Crippen LogP contribution in [0.4, 0.5) is 0 Å². The Balaban J connectivity index is 1.53. The molecule has 0 spiro atoms. The Morgan fingerprint density at radius 1 is 1.19 bits per heavy atom. The van der Waals surface area contributed by atoms with Crippen LogP contribution in [-0.4, -0.2) is 26.2 Å². The van der Waals surface area contributed by atoms with Gasteiger partial charge in [0.15, 0.2) is 0 Å². The Bertz CT molecular complexity index is 742. The minimum absolute atomic E-state index is 0.00443. The number of amides is 1. The normalized spacial score (nSPS) is 15.5. The van der Waals surface area contributed by atoms with Gasteiger partial charge < -0.3 is 19.5 Å². The van der Waals surface area contributed by atoms with Crippen molar-refractivity contribution in [2.45, 2.75) is 26.3 Å². The molecular formula is C21H25NO4. The molecule has 0 fully saturated rings. The third kappa shape index (κ3) is 4.48. The van der Waals surface area contributed by atoms with Crippen LogP contribution in [0.25, 0.3) is 0 Å². The van der Waals surface area contributed by atoms with Crippen molar-refractivity contribution in [3.8, 4) is 17.2 Å². The van der Waals surface area contributed by atoms with Crippen LogP contribution in [0.15, 0.2) is 42.5 Å². The Labute approximate surface area is 154 Å². The van der Waals surface area contributed by atoms with Gasteiger partial charge in [-0.1, -0.05) is 19.1 Å². The lowest BCUT2D eigenvalue weighted by molar-refractivity contribution is -0.126. The van der Waals surface area contributed by atoms with Crippen molar-refractivity contribution >= 4 is 5.91 Å². The average Bonchev–Trinajstić information content (AvgIpc) is 2.70. The Kier molecular flexibility index (Phi) is 6.00.